The van der Waals surface area contributed by atoms with Gasteiger partial charge in [0.1, 0.15) is 23.6 Å². The molecule has 0 spiro atoms. The molecule has 0 saturated heterocycles. The van der Waals surface area contributed by atoms with Crippen molar-refractivity contribution in [3.63, 3.8) is 0 Å². The first-order valence-electron chi connectivity index (χ1n) is 9.40. The van der Waals surface area contributed by atoms with Crippen LogP contribution in [0.5, 0.6) is 0 Å². The van der Waals surface area contributed by atoms with E-state index >= 15 is 0 Å². The number of nitrogens with one attached hydrogen (secondary N) is 1. The highest BCUT2D eigenvalue weighted by molar-refractivity contribution is 6.10. The van der Waals surface area contributed by atoms with Crippen molar-refractivity contribution in [2.45, 2.75) is 19.4 Å². The number of rotatable bonds is 7. The summed E-state index contributed by atoms with van der Waals surface area (Å²) in [6.45, 7) is 0.0942. The van der Waals surface area contributed by atoms with E-state index < -0.39 is 0 Å². The minimum Gasteiger partial charge on any atom is -0.396 e. The number of carbonyl (C=O) groups excluding carboxylic acids is 1. The van der Waals surface area contributed by atoms with Gasteiger partial charge in [0.2, 0.25) is 5.91 Å². The third-order valence-electron chi connectivity index (χ3n) is 4.48. The van der Waals surface area contributed by atoms with Gasteiger partial charge >= 0.3 is 0 Å². The highest BCUT2D eigenvalue weighted by atomic mass is 19.1. The van der Waals surface area contributed by atoms with Gasteiger partial charge in [0.25, 0.3) is 0 Å². The number of hydrogen-bond donors (Lipinski definition) is 2. The normalized spacial score (nSPS) is 14.6. The van der Waals surface area contributed by atoms with Crippen molar-refractivity contribution in [1.82, 2.24) is 15.1 Å². The minimum absolute atomic E-state index is 0.0561. The summed E-state index contributed by atoms with van der Waals surface area (Å²) < 4.78 is 18.8. The molecule has 2 aromatic heterocycles. The molecule has 1 fully saturated rings. The molecule has 0 unspecified atom stereocenters. The number of aromatic nitrogens is 3. The van der Waals surface area contributed by atoms with Crippen LogP contribution >= 0.6 is 0 Å². The molecule has 9 heteroatoms. The van der Waals surface area contributed by atoms with Crippen LogP contribution in [0.15, 0.2) is 64.4 Å². The van der Waals surface area contributed by atoms with Crippen molar-refractivity contribution in [1.29, 1.82) is 0 Å². The highest BCUT2D eigenvalue weighted by Crippen LogP contribution is 2.29. The largest absolute Gasteiger partial charge is 0.396 e. The van der Waals surface area contributed by atoms with E-state index in [-0.39, 0.29) is 35.7 Å². The van der Waals surface area contributed by atoms with E-state index in [4.69, 9.17) is 10.3 Å². The van der Waals surface area contributed by atoms with Crippen molar-refractivity contribution in [2.24, 2.45) is 16.6 Å². The Morgan fingerprint density at radius 1 is 1.30 bits per heavy atom. The second-order valence-electron chi connectivity index (χ2n) is 6.81. The molecule has 152 valence electrons. The molecule has 3 aromatic rings. The topological polar surface area (TPSA) is 119 Å². The van der Waals surface area contributed by atoms with Gasteiger partial charge in [-0.3, -0.25) is 9.79 Å². The van der Waals surface area contributed by atoms with Gasteiger partial charge in [0.15, 0.2) is 5.82 Å². The molecule has 1 aromatic carbocycles. The van der Waals surface area contributed by atoms with Gasteiger partial charge in [-0.15, -0.1) is 0 Å². The molecule has 1 saturated carbocycles. The Morgan fingerprint density at radius 2 is 2.13 bits per heavy atom. The summed E-state index contributed by atoms with van der Waals surface area (Å²) in [4.78, 5) is 24.8. The van der Waals surface area contributed by atoms with Gasteiger partial charge in [-0.05, 0) is 31.1 Å². The lowest BCUT2D eigenvalue weighted by Gasteiger charge is -2.06. The number of anilines is 1. The Kier molecular flexibility index (Phi) is 5.60. The van der Waals surface area contributed by atoms with E-state index in [1.54, 1.807) is 36.4 Å². The minimum atomic E-state index is -0.347. The van der Waals surface area contributed by atoms with Gasteiger partial charge in [0.05, 0.1) is 18.0 Å². The van der Waals surface area contributed by atoms with Crippen LogP contribution < -0.4 is 11.1 Å². The number of amides is 1. The maximum Gasteiger partial charge on any atom is 0.228 e. The standard InChI is InChI=1S/C21H19FN6O2/c22-15-4-2-1-3-14(15)12-25-18(17-8-10-30-28-17)11-16(23)20-24-9-7-19(26-20)27-21(29)13-5-6-13/h1-4,7-11,13H,5-6,12,23H2,(H,24,26,27,29). The molecular formula is C21H19FN6O2. The van der Waals surface area contributed by atoms with Gasteiger partial charge < -0.3 is 15.6 Å². The summed E-state index contributed by atoms with van der Waals surface area (Å²) in [6.07, 6.45) is 6.25. The number of nitrogens with two attached hydrogens (primary N) is 1. The van der Waals surface area contributed by atoms with E-state index in [0.29, 0.717) is 22.8 Å². The first-order chi connectivity index (χ1) is 14.6. The van der Waals surface area contributed by atoms with E-state index in [0.717, 1.165) is 12.8 Å². The molecule has 8 nitrogen and oxygen atoms in total. The van der Waals surface area contributed by atoms with Gasteiger partial charge in [-0.25, -0.2) is 14.4 Å². The zero-order valence-corrected chi connectivity index (χ0v) is 16.0. The lowest BCUT2D eigenvalue weighted by Crippen LogP contribution is -2.15. The number of carbonyl (C=O) groups is 1. The third kappa shape index (κ3) is 4.75. The Bertz CT molecular complexity index is 1110. The number of nitrogens with zero attached hydrogens (tertiary/aromatic N) is 4. The van der Waals surface area contributed by atoms with Gasteiger partial charge in [-0.2, -0.15) is 0 Å². The van der Waals surface area contributed by atoms with E-state index in [1.165, 1.54) is 18.5 Å². The van der Waals surface area contributed by atoms with Crippen LogP contribution in [-0.4, -0.2) is 26.7 Å². The maximum absolute atomic E-state index is 13.9. The fourth-order valence-corrected chi connectivity index (χ4v) is 2.70. The van der Waals surface area contributed by atoms with Crippen LogP contribution in [-0.2, 0) is 11.3 Å². The summed E-state index contributed by atoms with van der Waals surface area (Å²) in [7, 11) is 0. The Hall–Kier alpha value is -3.88. The molecule has 4 rings (SSSR count). The summed E-state index contributed by atoms with van der Waals surface area (Å²) in [5.41, 5.74) is 7.66. The molecule has 30 heavy (non-hydrogen) atoms. The summed E-state index contributed by atoms with van der Waals surface area (Å²) in [5, 5.41) is 6.64. The van der Waals surface area contributed by atoms with Gasteiger partial charge in [-0.1, -0.05) is 23.4 Å². The number of allylic oxidation sites excluding steroid dienone is 1. The predicted octanol–water partition coefficient (Wildman–Crippen LogP) is 2.94. The van der Waals surface area contributed by atoms with Crippen molar-refractivity contribution in [2.75, 3.05) is 5.32 Å². The summed E-state index contributed by atoms with van der Waals surface area (Å²) >= 11 is 0. The van der Waals surface area contributed by atoms with Crippen molar-refractivity contribution in [3.05, 3.63) is 77.8 Å². The quantitative estimate of drug-likeness (QED) is 0.582. The smallest absolute Gasteiger partial charge is 0.228 e. The fourth-order valence-electron chi connectivity index (χ4n) is 2.70. The molecule has 1 aliphatic rings. The monoisotopic (exact) mass is 406 g/mol. The van der Waals surface area contributed by atoms with Crippen LogP contribution in [0.25, 0.3) is 5.70 Å². The Balaban J connectivity index is 1.59. The number of halogens is 1. The maximum atomic E-state index is 13.9. The molecule has 0 aliphatic heterocycles. The second kappa shape index (κ2) is 8.64. The van der Waals surface area contributed by atoms with Crippen molar-refractivity contribution < 1.29 is 13.7 Å². The number of hydrogen-bond acceptors (Lipinski definition) is 7. The lowest BCUT2D eigenvalue weighted by molar-refractivity contribution is -0.117. The SMILES string of the molecule is NC(=CC(=NCc1ccccc1F)c1ccon1)c1nccc(NC(=O)C2CC2)n1. The van der Waals surface area contributed by atoms with Crippen LogP contribution in [0.3, 0.4) is 0 Å². The van der Waals surface area contributed by atoms with Gasteiger partial charge in [0, 0.05) is 23.7 Å². The van der Waals surface area contributed by atoms with Crippen molar-refractivity contribution >= 4 is 23.1 Å². The fraction of sp³-hybridized carbons (Fsp3) is 0.190. The first kappa shape index (κ1) is 19.4. The number of aliphatic imine (C=N–C) groups is 1. The van der Waals surface area contributed by atoms with Crippen LogP contribution in [0, 0.1) is 11.7 Å². The molecule has 1 aliphatic carbocycles. The average Bonchev–Trinajstić information content (AvgIpc) is 3.47. The highest BCUT2D eigenvalue weighted by Gasteiger charge is 2.29. The lowest BCUT2D eigenvalue weighted by atomic mass is 10.2. The second-order valence-corrected chi connectivity index (χ2v) is 6.81. The third-order valence-corrected chi connectivity index (χ3v) is 4.48. The molecular weight excluding hydrogens is 387 g/mol. The number of benzene rings is 1. The molecule has 3 N–H and O–H groups in total. The Labute approximate surface area is 171 Å². The molecule has 0 bridgehead atoms. The van der Waals surface area contributed by atoms with E-state index in [2.05, 4.69) is 25.4 Å². The zero-order chi connectivity index (χ0) is 20.9. The van der Waals surface area contributed by atoms with Crippen molar-refractivity contribution in [3.8, 4) is 0 Å². The Morgan fingerprint density at radius 3 is 2.87 bits per heavy atom. The van der Waals surface area contributed by atoms with E-state index in [1.807, 2.05) is 0 Å². The summed E-state index contributed by atoms with van der Waals surface area (Å²) in [5.74, 6) is 0.253. The first-order valence-corrected chi connectivity index (χ1v) is 9.40. The van der Waals surface area contributed by atoms with Crippen LogP contribution in [0.1, 0.15) is 29.9 Å². The molecule has 0 radical (unpaired) electrons. The molecule has 1 amide bonds. The zero-order valence-electron chi connectivity index (χ0n) is 16.0. The average molecular weight is 406 g/mol. The van der Waals surface area contributed by atoms with Crippen LogP contribution in [0.4, 0.5) is 10.2 Å². The molecule has 2 heterocycles. The van der Waals surface area contributed by atoms with Crippen LogP contribution in [0.2, 0.25) is 0 Å². The van der Waals surface area contributed by atoms with E-state index in [9.17, 15) is 9.18 Å². The predicted molar refractivity (Wildman–Crippen MR) is 109 cm³/mol. The molecule has 0 atom stereocenters. The summed E-state index contributed by atoms with van der Waals surface area (Å²) in [6, 6.07) is 9.61.